The molecule has 1 aromatic carbocycles. The second kappa shape index (κ2) is 7.97. The molecule has 1 unspecified atom stereocenters. The lowest BCUT2D eigenvalue weighted by Gasteiger charge is -2.26. The Morgan fingerprint density at radius 3 is 2.80 bits per heavy atom. The third-order valence-corrected chi connectivity index (χ3v) is 5.31. The molecule has 25 heavy (non-hydrogen) atoms. The van der Waals surface area contributed by atoms with Crippen LogP contribution in [0.2, 0.25) is 0 Å². The number of hydrogen-bond acceptors (Lipinski definition) is 5. The van der Waals surface area contributed by atoms with Gasteiger partial charge in [-0.3, -0.25) is 24.6 Å². The smallest absolute Gasteiger partial charge is 0.254 e. The van der Waals surface area contributed by atoms with Gasteiger partial charge in [-0.05, 0) is 12.5 Å². The monoisotopic (exact) mass is 365 g/mol. The van der Waals surface area contributed by atoms with E-state index >= 15 is 0 Å². The Labute approximate surface area is 149 Å². The number of rotatable bonds is 4. The highest BCUT2D eigenvalue weighted by molar-refractivity contribution is 7.99. The van der Waals surface area contributed by atoms with Gasteiger partial charge in [0.25, 0.3) is 5.91 Å². The van der Waals surface area contributed by atoms with Crippen molar-refractivity contribution in [2.45, 2.75) is 25.4 Å². The third kappa shape index (κ3) is 4.38. The highest BCUT2D eigenvalue weighted by Gasteiger charge is 2.29. The zero-order valence-corrected chi connectivity index (χ0v) is 14.5. The molecule has 134 valence electrons. The molecule has 3 amide bonds. The summed E-state index contributed by atoms with van der Waals surface area (Å²) in [6.07, 6.45) is 0.384. The molecular formula is C17H20FN3O3S. The summed E-state index contributed by atoms with van der Waals surface area (Å²) in [6.45, 7) is 2.26. The summed E-state index contributed by atoms with van der Waals surface area (Å²) in [5.41, 5.74) is 0.399. The van der Waals surface area contributed by atoms with Crippen LogP contribution in [0.3, 0.4) is 0 Å². The van der Waals surface area contributed by atoms with Crippen LogP contribution in [0.15, 0.2) is 18.2 Å². The zero-order valence-electron chi connectivity index (χ0n) is 13.7. The van der Waals surface area contributed by atoms with E-state index in [1.54, 1.807) is 12.1 Å². The Morgan fingerprint density at radius 1 is 1.32 bits per heavy atom. The van der Waals surface area contributed by atoms with E-state index in [-0.39, 0.29) is 24.3 Å². The topological polar surface area (TPSA) is 78.5 Å². The van der Waals surface area contributed by atoms with E-state index in [1.165, 1.54) is 6.07 Å². The lowest BCUT2D eigenvalue weighted by molar-refractivity contribution is -0.134. The number of benzene rings is 1. The van der Waals surface area contributed by atoms with Crippen molar-refractivity contribution in [3.05, 3.63) is 35.1 Å². The second-order valence-corrected chi connectivity index (χ2v) is 7.37. The maximum atomic E-state index is 14.7. The molecule has 2 aliphatic heterocycles. The lowest BCUT2D eigenvalue weighted by Crippen LogP contribution is -2.52. The van der Waals surface area contributed by atoms with E-state index in [9.17, 15) is 18.8 Å². The number of hydrogen-bond donors (Lipinski definition) is 2. The molecule has 2 fully saturated rings. The number of nitrogens with zero attached hydrogens (tertiary/aromatic N) is 1. The zero-order chi connectivity index (χ0) is 17.8. The summed E-state index contributed by atoms with van der Waals surface area (Å²) in [4.78, 5) is 37.4. The lowest BCUT2D eigenvalue weighted by atomic mass is 10.0. The van der Waals surface area contributed by atoms with Crippen molar-refractivity contribution in [2.24, 2.45) is 0 Å². The summed E-state index contributed by atoms with van der Waals surface area (Å²) in [6, 6.07) is 3.93. The Kier molecular flexibility index (Phi) is 5.70. The molecule has 0 radical (unpaired) electrons. The molecule has 0 saturated carbocycles. The molecular weight excluding hydrogens is 345 g/mol. The fourth-order valence-corrected chi connectivity index (χ4v) is 3.92. The number of halogens is 1. The summed E-state index contributed by atoms with van der Waals surface area (Å²) in [7, 11) is 0. The number of carbonyl (C=O) groups excluding carboxylic acids is 3. The fourth-order valence-electron chi connectivity index (χ4n) is 2.94. The van der Waals surface area contributed by atoms with Crippen molar-refractivity contribution in [3.8, 4) is 0 Å². The third-order valence-electron chi connectivity index (χ3n) is 4.37. The van der Waals surface area contributed by atoms with Crippen molar-refractivity contribution in [3.63, 3.8) is 0 Å². The normalized spacial score (nSPS) is 21.7. The predicted octanol–water partition coefficient (Wildman–Crippen LogP) is 0.910. The van der Waals surface area contributed by atoms with Crippen LogP contribution in [0.4, 0.5) is 4.39 Å². The molecule has 1 aromatic rings. The number of carbonyl (C=O) groups is 3. The van der Waals surface area contributed by atoms with Gasteiger partial charge in [0.05, 0.1) is 5.56 Å². The molecule has 0 spiro atoms. The van der Waals surface area contributed by atoms with Gasteiger partial charge >= 0.3 is 0 Å². The van der Waals surface area contributed by atoms with Gasteiger partial charge in [-0.2, -0.15) is 11.8 Å². The SMILES string of the molecule is O=C1CCC(NC(=O)c2cccc(CN3CCSCC3)c2F)C(=O)N1. The first-order valence-corrected chi connectivity index (χ1v) is 9.42. The van der Waals surface area contributed by atoms with E-state index in [0.717, 1.165) is 24.6 Å². The van der Waals surface area contributed by atoms with Crippen molar-refractivity contribution < 1.29 is 18.8 Å². The van der Waals surface area contributed by atoms with Crippen LogP contribution >= 0.6 is 11.8 Å². The van der Waals surface area contributed by atoms with E-state index in [1.807, 2.05) is 11.8 Å². The van der Waals surface area contributed by atoms with Crippen molar-refractivity contribution in [1.82, 2.24) is 15.5 Å². The van der Waals surface area contributed by atoms with Gasteiger partial charge < -0.3 is 5.32 Å². The van der Waals surface area contributed by atoms with E-state index in [2.05, 4.69) is 15.5 Å². The molecule has 3 rings (SSSR count). The van der Waals surface area contributed by atoms with Gasteiger partial charge in [-0.1, -0.05) is 12.1 Å². The van der Waals surface area contributed by atoms with Crippen LogP contribution in [-0.4, -0.2) is 53.3 Å². The molecule has 8 heteroatoms. The molecule has 0 bridgehead atoms. The van der Waals surface area contributed by atoms with Crippen LogP contribution in [0, 0.1) is 5.82 Å². The molecule has 6 nitrogen and oxygen atoms in total. The number of imide groups is 1. The Bertz CT molecular complexity index is 692. The Balaban J connectivity index is 1.69. The van der Waals surface area contributed by atoms with Crippen molar-refractivity contribution in [1.29, 1.82) is 0 Å². The van der Waals surface area contributed by atoms with Crippen LogP contribution in [0.1, 0.15) is 28.8 Å². The summed E-state index contributed by atoms with van der Waals surface area (Å²) in [5.74, 6) is -0.0434. The summed E-state index contributed by atoms with van der Waals surface area (Å²) >= 11 is 1.88. The highest BCUT2D eigenvalue weighted by Crippen LogP contribution is 2.18. The first-order valence-electron chi connectivity index (χ1n) is 8.26. The van der Waals surface area contributed by atoms with Gasteiger partial charge in [0.1, 0.15) is 11.9 Å². The van der Waals surface area contributed by atoms with Crippen LogP contribution < -0.4 is 10.6 Å². The molecule has 0 aliphatic carbocycles. The number of piperidine rings is 1. The fraction of sp³-hybridized carbons (Fsp3) is 0.471. The number of thioether (sulfide) groups is 1. The molecule has 1 atom stereocenters. The van der Waals surface area contributed by atoms with Gasteiger partial charge in [0.2, 0.25) is 11.8 Å². The van der Waals surface area contributed by atoms with Crippen LogP contribution in [-0.2, 0) is 16.1 Å². The van der Waals surface area contributed by atoms with Gasteiger partial charge in [-0.15, -0.1) is 0 Å². The minimum Gasteiger partial charge on any atom is -0.340 e. The molecule has 2 aliphatic rings. The Morgan fingerprint density at radius 2 is 2.08 bits per heavy atom. The number of nitrogens with one attached hydrogen (secondary N) is 2. The first-order chi connectivity index (χ1) is 12.0. The molecule has 0 aromatic heterocycles. The maximum Gasteiger partial charge on any atom is 0.254 e. The average Bonchev–Trinajstić information content (AvgIpc) is 2.60. The summed E-state index contributed by atoms with van der Waals surface area (Å²) in [5, 5.41) is 4.69. The minimum atomic E-state index is -0.813. The standard InChI is InChI=1S/C17H20FN3O3S/c18-15-11(10-21-6-8-25-9-7-21)2-1-3-12(15)16(23)19-13-4-5-14(22)20-17(13)24/h1-3,13H,4-10H2,(H,19,23)(H,20,22,24). The largest absolute Gasteiger partial charge is 0.340 e. The first kappa shape index (κ1) is 17.9. The van der Waals surface area contributed by atoms with Gasteiger partial charge in [0.15, 0.2) is 0 Å². The molecule has 2 heterocycles. The summed E-state index contributed by atoms with van der Waals surface area (Å²) < 4.78 is 14.7. The van der Waals surface area contributed by atoms with E-state index in [0.29, 0.717) is 12.1 Å². The van der Waals surface area contributed by atoms with Gasteiger partial charge in [-0.25, -0.2) is 4.39 Å². The minimum absolute atomic E-state index is 0.0754. The van der Waals surface area contributed by atoms with E-state index < -0.39 is 23.7 Å². The number of amides is 3. The molecule has 2 saturated heterocycles. The van der Waals surface area contributed by atoms with E-state index in [4.69, 9.17) is 0 Å². The molecule has 2 N–H and O–H groups in total. The van der Waals surface area contributed by atoms with Crippen LogP contribution in [0.25, 0.3) is 0 Å². The highest BCUT2D eigenvalue weighted by atomic mass is 32.2. The average molecular weight is 365 g/mol. The maximum absolute atomic E-state index is 14.7. The van der Waals surface area contributed by atoms with Crippen molar-refractivity contribution >= 4 is 29.5 Å². The second-order valence-electron chi connectivity index (χ2n) is 6.14. The Hall–Kier alpha value is -1.93. The van der Waals surface area contributed by atoms with Crippen LogP contribution in [0.5, 0.6) is 0 Å². The predicted molar refractivity (Wildman–Crippen MR) is 92.6 cm³/mol. The van der Waals surface area contributed by atoms with Crippen molar-refractivity contribution in [2.75, 3.05) is 24.6 Å². The quantitative estimate of drug-likeness (QED) is 0.776. The van der Waals surface area contributed by atoms with Gasteiger partial charge in [0, 0.05) is 43.1 Å².